The van der Waals surface area contributed by atoms with Crippen LogP contribution in [-0.4, -0.2) is 60.1 Å². The lowest BCUT2D eigenvalue weighted by molar-refractivity contribution is -0.125. The highest BCUT2D eigenvalue weighted by Gasteiger charge is 2.32. The zero-order valence-electron chi connectivity index (χ0n) is 18.5. The van der Waals surface area contributed by atoms with E-state index in [1.165, 1.54) is 18.2 Å². The molecule has 2 aliphatic rings. The first-order valence-electron chi connectivity index (χ1n) is 10.8. The van der Waals surface area contributed by atoms with Crippen molar-refractivity contribution in [2.75, 3.05) is 26.2 Å². The summed E-state index contributed by atoms with van der Waals surface area (Å²) >= 11 is 12.0. The fourth-order valence-electron chi connectivity index (χ4n) is 3.96. The minimum atomic E-state index is -2.90. The molecule has 2 aromatic rings. The number of benzene rings is 2. The van der Waals surface area contributed by atoms with Gasteiger partial charge in [-0.3, -0.25) is 14.6 Å². The van der Waals surface area contributed by atoms with Crippen molar-refractivity contribution in [1.29, 1.82) is 0 Å². The summed E-state index contributed by atoms with van der Waals surface area (Å²) in [6.07, 6.45) is 0.403. The number of alkyl halides is 2. The first-order chi connectivity index (χ1) is 16.7. The summed E-state index contributed by atoms with van der Waals surface area (Å²) in [5.74, 6) is -0.505. The molecule has 0 saturated heterocycles. The Bertz CT molecular complexity index is 1200. The average molecular weight is 523 g/mol. The molecular formula is C24H22Cl2F2N4O3. The monoisotopic (exact) mass is 522 g/mol. The third-order valence-electron chi connectivity index (χ3n) is 5.78. The van der Waals surface area contributed by atoms with Gasteiger partial charge < -0.3 is 20.3 Å². The van der Waals surface area contributed by atoms with Gasteiger partial charge in [-0.15, -0.1) is 0 Å². The molecular weight excluding hydrogens is 501 g/mol. The number of nitrogens with two attached hydrogens (primary N) is 1. The molecule has 2 N–H and O–H groups in total. The molecule has 7 nitrogen and oxygen atoms in total. The fraction of sp³-hybridized carbons (Fsp3) is 0.292. The van der Waals surface area contributed by atoms with Gasteiger partial charge in [-0.05, 0) is 35.9 Å². The quantitative estimate of drug-likeness (QED) is 0.617. The molecule has 0 aromatic heterocycles. The zero-order valence-corrected chi connectivity index (χ0v) is 20.0. The summed E-state index contributed by atoms with van der Waals surface area (Å²) in [5.41, 5.74) is 8.67. The largest absolute Gasteiger partial charge is 0.435 e. The van der Waals surface area contributed by atoms with Crippen LogP contribution >= 0.6 is 23.2 Å². The Morgan fingerprint density at radius 2 is 1.86 bits per heavy atom. The number of carbonyl (C=O) groups is 2. The van der Waals surface area contributed by atoms with Crippen LogP contribution in [0.15, 0.2) is 58.7 Å². The lowest BCUT2D eigenvalue weighted by Gasteiger charge is -2.33. The summed E-state index contributed by atoms with van der Waals surface area (Å²) in [5, 5.41) is 0.631. The highest BCUT2D eigenvalue weighted by molar-refractivity contribution is 6.46. The number of halogens is 4. The summed E-state index contributed by atoms with van der Waals surface area (Å²) in [6, 6.07) is 10.8. The van der Waals surface area contributed by atoms with Gasteiger partial charge in [0.15, 0.2) is 0 Å². The molecule has 0 spiro atoms. The van der Waals surface area contributed by atoms with Gasteiger partial charge >= 0.3 is 6.61 Å². The molecule has 2 aromatic carbocycles. The van der Waals surface area contributed by atoms with Crippen LogP contribution < -0.4 is 10.5 Å². The maximum absolute atomic E-state index is 13.3. The molecule has 11 heteroatoms. The predicted molar refractivity (Wildman–Crippen MR) is 129 cm³/mol. The van der Waals surface area contributed by atoms with Gasteiger partial charge in [0.1, 0.15) is 11.5 Å². The Kier molecular flexibility index (Phi) is 7.57. The SMILES string of the molecule is NC1=C(C2=NCCN(Cc3ccc(OC(F)F)cc3)C2=O)CN(C(=O)c2ccc(Cl)c(Cl)c2)CC1. The van der Waals surface area contributed by atoms with Crippen LogP contribution in [0.3, 0.4) is 0 Å². The molecule has 0 bridgehead atoms. The lowest BCUT2D eigenvalue weighted by Crippen LogP contribution is -2.47. The van der Waals surface area contributed by atoms with E-state index in [-0.39, 0.29) is 41.4 Å². The van der Waals surface area contributed by atoms with Gasteiger partial charge in [-0.25, -0.2) is 0 Å². The van der Waals surface area contributed by atoms with Crippen LogP contribution in [0, 0.1) is 0 Å². The molecule has 2 heterocycles. The normalized spacial score (nSPS) is 16.6. The highest BCUT2D eigenvalue weighted by Crippen LogP contribution is 2.26. The molecule has 2 aliphatic heterocycles. The van der Waals surface area contributed by atoms with Crippen molar-refractivity contribution in [3.8, 4) is 5.75 Å². The maximum Gasteiger partial charge on any atom is 0.387 e. The van der Waals surface area contributed by atoms with Crippen LogP contribution in [0.5, 0.6) is 5.75 Å². The molecule has 0 fully saturated rings. The van der Waals surface area contributed by atoms with E-state index in [0.29, 0.717) is 47.9 Å². The number of rotatable bonds is 6. The van der Waals surface area contributed by atoms with Crippen molar-refractivity contribution in [3.63, 3.8) is 0 Å². The van der Waals surface area contributed by atoms with Crippen molar-refractivity contribution in [1.82, 2.24) is 9.80 Å². The summed E-state index contributed by atoms with van der Waals surface area (Å²) in [6.45, 7) is -1.32. The number of amides is 2. The van der Waals surface area contributed by atoms with Crippen LogP contribution in [0.1, 0.15) is 22.3 Å². The lowest BCUT2D eigenvalue weighted by atomic mass is 9.98. The summed E-state index contributed by atoms with van der Waals surface area (Å²) in [4.78, 5) is 33.9. The minimum absolute atomic E-state index is 0.0443. The standard InChI is InChI=1S/C24H22Cl2F2N4O3/c25-18-6-3-15(11-19(18)26)22(33)31-9-7-20(29)17(13-31)21-23(34)32(10-8-30-21)12-14-1-4-16(5-2-14)35-24(27)28/h1-6,11,24H,7-10,12-13,29H2. The molecule has 35 heavy (non-hydrogen) atoms. The molecule has 184 valence electrons. The Morgan fingerprint density at radius 1 is 1.11 bits per heavy atom. The van der Waals surface area contributed by atoms with Crippen molar-refractivity contribution in [2.24, 2.45) is 10.7 Å². The Labute approximate surface area is 210 Å². The van der Waals surface area contributed by atoms with Crippen LogP contribution in [0.4, 0.5) is 8.78 Å². The Hall–Kier alpha value is -3.17. The van der Waals surface area contributed by atoms with Gasteiger partial charge in [0, 0.05) is 49.4 Å². The van der Waals surface area contributed by atoms with E-state index in [1.54, 1.807) is 34.1 Å². The van der Waals surface area contributed by atoms with Gasteiger partial charge in [-0.1, -0.05) is 35.3 Å². The molecule has 0 radical (unpaired) electrons. The van der Waals surface area contributed by atoms with Crippen LogP contribution in [0.2, 0.25) is 10.0 Å². The predicted octanol–water partition coefficient (Wildman–Crippen LogP) is 4.14. The average Bonchev–Trinajstić information content (AvgIpc) is 2.83. The van der Waals surface area contributed by atoms with Crippen LogP contribution in [0.25, 0.3) is 0 Å². The number of hydrogen-bond acceptors (Lipinski definition) is 5. The topological polar surface area (TPSA) is 88.2 Å². The van der Waals surface area contributed by atoms with Gasteiger partial charge in [-0.2, -0.15) is 8.78 Å². The van der Waals surface area contributed by atoms with Gasteiger partial charge in [0.2, 0.25) is 0 Å². The maximum atomic E-state index is 13.3. The van der Waals surface area contributed by atoms with E-state index in [4.69, 9.17) is 28.9 Å². The number of carbonyl (C=O) groups excluding carboxylic acids is 2. The van der Waals surface area contributed by atoms with E-state index in [2.05, 4.69) is 9.73 Å². The second-order valence-electron chi connectivity index (χ2n) is 8.09. The molecule has 2 amide bonds. The van der Waals surface area contributed by atoms with Crippen molar-refractivity contribution in [3.05, 3.63) is 74.9 Å². The third-order valence-corrected chi connectivity index (χ3v) is 6.52. The fourth-order valence-corrected chi connectivity index (χ4v) is 4.26. The molecule has 0 unspecified atom stereocenters. The van der Waals surface area contributed by atoms with Crippen LogP contribution in [-0.2, 0) is 11.3 Å². The Morgan fingerprint density at radius 3 is 2.54 bits per heavy atom. The van der Waals surface area contributed by atoms with Crippen molar-refractivity contribution >= 4 is 40.7 Å². The number of aliphatic imine (C=N–C) groups is 1. The first kappa shape index (κ1) is 24.9. The zero-order chi connectivity index (χ0) is 25.1. The molecule has 0 saturated carbocycles. The van der Waals surface area contributed by atoms with Gasteiger partial charge in [0.25, 0.3) is 11.8 Å². The minimum Gasteiger partial charge on any atom is -0.435 e. The van der Waals surface area contributed by atoms with E-state index < -0.39 is 6.61 Å². The Balaban J connectivity index is 1.47. The summed E-state index contributed by atoms with van der Waals surface area (Å²) < 4.78 is 29.1. The third kappa shape index (κ3) is 5.74. The summed E-state index contributed by atoms with van der Waals surface area (Å²) in [7, 11) is 0. The van der Waals surface area contributed by atoms with E-state index >= 15 is 0 Å². The highest BCUT2D eigenvalue weighted by atomic mass is 35.5. The van der Waals surface area contributed by atoms with Crippen molar-refractivity contribution < 1.29 is 23.1 Å². The van der Waals surface area contributed by atoms with E-state index in [0.717, 1.165) is 5.56 Å². The molecule has 0 atom stereocenters. The van der Waals surface area contributed by atoms with Crippen molar-refractivity contribution in [2.45, 2.75) is 19.6 Å². The van der Waals surface area contributed by atoms with Gasteiger partial charge in [0.05, 0.1) is 16.6 Å². The number of ether oxygens (including phenoxy) is 1. The molecule has 4 rings (SSSR count). The number of nitrogens with zero attached hydrogens (tertiary/aromatic N) is 3. The second kappa shape index (κ2) is 10.6. The van der Waals surface area contributed by atoms with E-state index in [9.17, 15) is 18.4 Å². The first-order valence-corrected chi connectivity index (χ1v) is 11.6. The molecule has 0 aliphatic carbocycles. The number of hydrogen-bond donors (Lipinski definition) is 1. The van der Waals surface area contributed by atoms with E-state index in [1.807, 2.05) is 0 Å². The second-order valence-corrected chi connectivity index (χ2v) is 8.90. The smallest absolute Gasteiger partial charge is 0.387 e.